The average molecular weight is 396 g/mol. The van der Waals surface area contributed by atoms with Crippen molar-refractivity contribution in [3.63, 3.8) is 0 Å². The number of amidine groups is 1. The number of nitrogens with two attached hydrogens (primary N) is 1. The van der Waals surface area contributed by atoms with E-state index in [9.17, 15) is 0 Å². The van der Waals surface area contributed by atoms with E-state index in [1.165, 1.54) is 11.3 Å². The SMILES string of the molecule is N/C(=N\c1sc(-c2ccc(Cl)cc2)nc1-c1cccs1)c1ccccc1. The lowest BCUT2D eigenvalue weighted by Gasteiger charge is -2.00. The Bertz CT molecular complexity index is 1040. The molecule has 0 spiro atoms. The van der Waals surface area contributed by atoms with Gasteiger partial charge in [0, 0.05) is 16.1 Å². The van der Waals surface area contributed by atoms with Crippen molar-refractivity contribution < 1.29 is 0 Å². The molecule has 0 saturated heterocycles. The second-order valence-electron chi connectivity index (χ2n) is 5.52. The Hall–Kier alpha value is -2.47. The van der Waals surface area contributed by atoms with Crippen LogP contribution < -0.4 is 5.73 Å². The molecule has 3 nitrogen and oxygen atoms in total. The predicted octanol–water partition coefficient (Wildman–Crippen LogP) is 6.23. The summed E-state index contributed by atoms with van der Waals surface area (Å²) >= 11 is 9.16. The highest BCUT2D eigenvalue weighted by atomic mass is 35.5. The summed E-state index contributed by atoms with van der Waals surface area (Å²) in [6, 6.07) is 21.5. The van der Waals surface area contributed by atoms with Gasteiger partial charge in [-0.25, -0.2) is 9.98 Å². The zero-order valence-electron chi connectivity index (χ0n) is 13.6. The molecule has 0 amide bonds. The number of benzene rings is 2. The first-order valence-corrected chi connectivity index (χ1v) is 9.98. The molecule has 26 heavy (non-hydrogen) atoms. The minimum atomic E-state index is 0.481. The summed E-state index contributed by atoms with van der Waals surface area (Å²) in [5.41, 5.74) is 8.99. The molecule has 0 aliphatic rings. The van der Waals surface area contributed by atoms with Crippen molar-refractivity contribution >= 4 is 45.1 Å². The molecule has 0 bridgehead atoms. The molecule has 2 N–H and O–H groups in total. The van der Waals surface area contributed by atoms with Crippen molar-refractivity contribution in [2.75, 3.05) is 0 Å². The largest absolute Gasteiger partial charge is 0.383 e. The van der Waals surface area contributed by atoms with Crippen LogP contribution in [0.3, 0.4) is 0 Å². The zero-order valence-corrected chi connectivity index (χ0v) is 16.0. The normalized spacial score (nSPS) is 11.7. The number of hydrogen-bond donors (Lipinski definition) is 1. The van der Waals surface area contributed by atoms with Crippen LogP contribution in [0.4, 0.5) is 5.00 Å². The molecule has 4 aromatic rings. The van der Waals surface area contributed by atoms with Crippen LogP contribution in [0.25, 0.3) is 21.1 Å². The van der Waals surface area contributed by atoms with Gasteiger partial charge in [-0.2, -0.15) is 0 Å². The van der Waals surface area contributed by atoms with Gasteiger partial charge in [0.15, 0.2) is 0 Å². The van der Waals surface area contributed by atoms with Crippen molar-refractivity contribution in [3.05, 3.63) is 82.7 Å². The van der Waals surface area contributed by atoms with Crippen molar-refractivity contribution in [1.29, 1.82) is 0 Å². The number of halogens is 1. The van der Waals surface area contributed by atoms with E-state index in [1.807, 2.05) is 72.1 Å². The van der Waals surface area contributed by atoms with Crippen molar-refractivity contribution in [3.8, 4) is 21.1 Å². The maximum atomic E-state index is 6.23. The van der Waals surface area contributed by atoms with Crippen LogP contribution >= 0.6 is 34.3 Å². The molecule has 2 heterocycles. The van der Waals surface area contributed by atoms with Crippen molar-refractivity contribution in [1.82, 2.24) is 4.98 Å². The second kappa shape index (κ2) is 7.41. The number of aromatic nitrogens is 1. The van der Waals surface area contributed by atoms with E-state index in [-0.39, 0.29) is 0 Å². The number of aliphatic imine (C=N–C) groups is 1. The summed E-state index contributed by atoms with van der Waals surface area (Å²) in [6.45, 7) is 0. The minimum Gasteiger partial charge on any atom is -0.383 e. The number of hydrogen-bond acceptors (Lipinski definition) is 4. The van der Waals surface area contributed by atoms with Crippen LogP contribution in [0.2, 0.25) is 5.02 Å². The van der Waals surface area contributed by atoms with Gasteiger partial charge in [-0.15, -0.1) is 11.3 Å². The Kier molecular flexibility index (Phi) is 4.84. The highest BCUT2D eigenvalue weighted by Gasteiger charge is 2.15. The van der Waals surface area contributed by atoms with Gasteiger partial charge in [-0.3, -0.25) is 0 Å². The van der Waals surface area contributed by atoms with Gasteiger partial charge in [0.1, 0.15) is 21.5 Å². The predicted molar refractivity (Wildman–Crippen MR) is 113 cm³/mol. The third-order valence-electron chi connectivity index (χ3n) is 3.75. The summed E-state index contributed by atoms with van der Waals surface area (Å²) < 4.78 is 0. The fraction of sp³-hybridized carbons (Fsp3) is 0. The molecule has 2 aromatic heterocycles. The standard InChI is InChI=1S/C20H14ClN3S2/c21-15-10-8-14(9-11-15)19-23-17(16-7-4-12-25-16)20(26-19)24-18(22)13-5-2-1-3-6-13/h1-12H,(H2,22,24). The molecule has 6 heteroatoms. The lowest BCUT2D eigenvalue weighted by molar-refractivity contribution is 1.40. The van der Waals surface area contributed by atoms with Crippen molar-refractivity contribution in [2.45, 2.75) is 0 Å². The number of nitrogens with zero attached hydrogens (tertiary/aromatic N) is 2. The van der Waals surface area contributed by atoms with E-state index in [1.54, 1.807) is 11.3 Å². The summed E-state index contributed by atoms with van der Waals surface area (Å²) in [5, 5.41) is 4.43. The average Bonchev–Trinajstić information content (AvgIpc) is 3.33. The third kappa shape index (κ3) is 3.55. The topological polar surface area (TPSA) is 51.3 Å². The number of thiophene rings is 1. The van der Waals surface area contributed by atoms with E-state index in [0.29, 0.717) is 10.9 Å². The van der Waals surface area contributed by atoms with Crippen LogP contribution in [-0.4, -0.2) is 10.8 Å². The molecule has 0 aliphatic carbocycles. The first-order chi connectivity index (χ1) is 12.7. The van der Waals surface area contributed by atoms with E-state index in [0.717, 1.165) is 31.7 Å². The Morgan fingerprint density at radius 2 is 1.73 bits per heavy atom. The summed E-state index contributed by atoms with van der Waals surface area (Å²) in [5.74, 6) is 0.481. The molecular formula is C20H14ClN3S2. The molecule has 0 saturated carbocycles. The monoisotopic (exact) mass is 395 g/mol. The molecule has 0 radical (unpaired) electrons. The Labute approximate surface area is 164 Å². The molecule has 4 rings (SSSR count). The second-order valence-corrected chi connectivity index (χ2v) is 7.88. The molecule has 0 unspecified atom stereocenters. The zero-order chi connectivity index (χ0) is 17.9. The van der Waals surface area contributed by atoms with Gasteiger partial charge >= 0.3 is 0 Å². The molecule has 0 fully saturated rings. The highest BCUT2D eigenvalue weighted by molar-refractivity contribution is 7.20. The van der Waals surface area contributed by atoms with Gasteiger partial charge in [0.05, 0.1) is 4.88 Å². The quantitative estimate of drug-likeness (QED) is 0.329. The van der Waals surface area contributed by atoms with E-state index >= 15 is 0 Å². The minimum absolute atomic E-state index is 0.481. The third-order valence-corrected chi connectivity index (χ3v) is 5.87. The fourth-order valence-corrected chi connectivity index (χ4v) is 4.34. The van der Waals surface area contributed by atoms with Crippen LogP contribution in [0.15, 0.2) is 77.1 Å². The number of rotatable bonds is 4. The van der Waals surface area contributed by atoms with E-state index in [2.05, 4.69) is 4.99 Å². The van der Waals surface area contributed by atoms with Crippen LogP contribution in [0, 0.1) is 0 Å². The highest BCUT2D eigenvalue weighted by Crippen LogP contribution is 2.41. The Morgan fingerprint density at radius 1 is 0.962 bits per heavy atom. The van der Waals surface area contributed by atoms with Gasteiger partial charge in [0.2, 0.25) is 0 Å². The fourth-order valence-electron chi connectivity index (χ4n) is 2.46. The maximum Gasteiger partial charge on any atom is 0.147 e. The molecule has 0 atom stereocenters. The van der Waals surface area contributed by atoms with Crippen LogP contribution in [-0.2, 0) is 0 Å². The summed E-state index contributed by atoms with van der Waals surface area (Å²) in [4.78, 5) is 10.6. The van der Waals surface area contributed by atoms with Gasteiger partial charge in [-0.05, 0) is 23.6 Å². The lowest BCUT2D eigenvalue weighted by atomic mass is 10.2. The Balaban J connectivity index is 1.81. The Morgan fingerprint density at radius 3 is 2.42 bits per heavy atom. The van der Waals surface area contributed by atoms with Gasteiger partial charge < -0.3 is 5.73 Å². The molecule has 0 aliphatic heterocycles. The van der Waals surface area contributed by atoms with Gasteiger partial charge in [0.25, 0.3) is 0 Å². The maximum absolute atomic E-state index is 6.23. The van der Waals surface area contributed by atoms with E-state index in [4.69, 9.17) is 22.3 Å². The van der Waals surface area contributed by atoms with Crippen molar-refractivity contribution in [2.24, 2.45) is 10.7 Å². The first-order valence-electron chi connectivity index (χ1n) is 7.91. The summed E-state index contributed by atoms with van der Waals surface area (Å²) in [7, 11) is 0. The lowest BCUT2D eigenvalue weighted by Crippen LogP contribution is -2.12. The molecule has 2 aromatic carbocycles. The van der Waals surface area contributed by atoms with Crippen LogP contribution in [0.1, 0.15) is 5.56 Å². The van der Waals surface area contributed by atoms with Gasteiger partial charge in [-0.1, -0.05) is 71.5 Å². The molecule has 128 valence electrons. The summed E-state index contributed by atoms with van der Waals surface area (Å²) in [6.07, 6.45) is 0. The molecular weight excluding hydrogens is 382 g/mol. The van der Waals surface area contributed by atoms with E-state index < -0.39 is 0 Å². The van der Waals surface area contributed by atoms with Crippen LogP contribution in [0.5, 0.6) is 0 Å². The number of thiazole rings is 1. The first kappa shape index (κ1) is 17.0. The smallest absolute Gasteiger partial charge is 0.147 e.